The van der Waals surface area contributed by atoms with E-state index in [2.05, 4.69) is 29.9 Å². The molecule has 3 saturated heterocycles. The summed E-state index contributed by atoms with van der Waals surface area (Å²) in [6.07, 6.45) is -3.96. The first-order valence-corrected chi connectivity index (χ1v) is 14.1. The molecular weight excluding hydrogens is 569 g/mol. The molecule has 20 heteroatoms. The number of aliphatic hydroxyl groups excluding tert-OH is 2. The van der Waals surface area contributed by atoms with E-state index in [1.54, 1.807) is 0 Å². The van der Waals surface area contributed by atoms with Crippen molar-refractivity contribution in [2.45, 2.75) is 55.8 Å². The second-order valence-corrected chi connectivity index (χ2v) is 11.4. The Kier molecular flexibility index (Phi) is 6.10. The van der Waals surface area contributed by atoms with Crippen molar-refractivity contribution in [1.29, 1.82) is 0 Å². The first-order valence-electron chi connectivity index (χ1n) is 12.6. The summed E-state index contributed by atoms with van der Waals surface area (Å²) in [5.74, 6) is -0.844. The fourth-order valence-electron chi connectivity index (χ4n) is 5.72. The van der Waals surface area contributed by atoms with E-state index in [1.807, 2.05) is 0 Å². The number of H-pyrrole nitrogens is 2. The number of fused-ring (bicyclic) bond motifs is 5. The number of imidazole rings is 2. The van der Waals surface area contributed by atoms with Gasteiger partial charge in [-0.1, -0.05) is 0 Å². The van der Waals surface area contributed by atoms with Crippen molar-refractivity contribution in [1.82, 2.24) is 39.0 Å². The van der Waals surface area contributed by atoms with E-state index in [1.165, 1.54) is 28.1 Å². The van der Waals surface area contributed by atoms with Gasteiger partial charge in [-0.05, 0) is 12.8 Å². The van der Waals surface area contributed by atoms with Crippen molar-refractivity contribution in [2.24, 2.45) is 5.92 Å². The van der Waals surface area contributed by atoms with Crippen LogP contribution in [-0.4, -0.2) is 91.3 Å². The van der Waals surface area contributed by atoms with Crippen LogP contribution in [0.15, 0.2) is 28.6 Å². The smallest absolute Gasteiger partial charge is 0.388 e. The molecule has 0 aliphatic carbocycles. The molecule has 0 saturated carbocycles. The van der Waals surface area contributed by atoms with Gasteiger partial charge in [-0.25, -0.2) is 19.5 Å². The van der Waals surface area contributed by atoms with Crippen LogP contribution in [0.3, 0.4) is 0 Å². The normalized spacial score (nSPS) is 36.0. The summed E-state index contributed by atoms with van der Waals surface area (Å²) in [4.78, 5) is 56.0. The lowest BCUT2D eigenvalue weighted by molar-refractivity contribution is -0.0603. The number of anilines is 1. The van der Waals surface area contributed by atoms with E-state index >= 15 is 0 Å². The Morgan fingerprint density at radius 1 is 0.951 bits per heavy atom. The van der Waals surface area contributed by atoms with E-state index in [4.69, 9.17) is 24.3 Å². The second-order valence-electron chi connectivity index (χ2n) is 10.0. The lowest BCUT2D eigenvalue weighted by atomic mass is 9.90. The zero-order chi connectivity index (χ0) is 28.6. The third-order valence-electron chi connectivity index (χ3n) is 7.64. The van der Waals surface area contributed by atoms with Crippen LogP contribution in [0.5, 0.6) is 0 Å². The molecule has 4 aromatic rings. The molecule has 218 valence electrons. The van der Waals surface area contributed by atoms with E-state index in [0.29, 0.717) is 0 Å². The third-order valence-corrected chi connectivity index (χ3v) is 8.63. The minimum atomic E-state index is -4.85. The Morgan fingerprint density at radius 3 is 2.44 bits per heavy atom. The van der Waals surface area contributed by atoms with Gasteiger partial charge in [-0.15, -0.1) is 0 Å². The van der Waals surface area contributed by atoms with Crippen LogP contribution < -0.4 is 16.9 Å². The summed E-state index contributed by atoms with van der Waals surface area (Å²) in [5, 5.41) is 22.4. The number of hydrogen-bond donors (Lipinski definition) is 6. The number of ether oxygens (including phenoxy) is 2. The molecule has 0 aromatic carbocycles. The summed E-state index contributed by atoms with van der Waals surface area (Å²) in [5.41, 5.74) is 4.79. The number of hydrogen-bond acceptors (Lipinski definition) is 14. The molecule has 0 spiro atoms. The molecule has 2 unspecified atom stereocenters. The number of aromatic nitrogens is 8. The third kappa shape index (κ3) is 4.29. The molecule has 19 nitrogen and oxygen atoms in total. The standard InChI is InChI=1S/C21H24N9O10P/c22-21-27-16-11(18(34)28-21)26-6-30(16)20-14-13(32)8(38-20)2-1-7-9(3-37-41(35,36)40-14)39-19(12(7)31)29-5-25-10-15(29)23-4-24-17(10)33/h4-9,12-14,19-20,31-32H,1-3H2,(H,35,36)(H,23,24,33)(H3,22,27,28,34)/t7-,8?,9-,12-,13-,14-,19-,20-/m1/s1. The largest absolute Gasteiger partial charge is 0.472 e. The summed E-state index contributed by atoms with van der Waals surface area (Å²) in [6, 6.07) is 0. The number of nitrogen functional groups attached to an aromatic ring is 1. The average molecular weight is 593 g/mol. The predicted molar refractivity (Wildman–Crippen MR) is 134 cm³/mol. The molecule has 7 heterocycles. The van der Waals surface area contributed by atoms with Crippen molar-refractivity contribution in [3.05, 3.63) is 39.7 Å². The SMILES string of the molecule is Nc1nc2c(ncn2[C@@H]2OC3CC[C@H]4[C@@H](O)[C@H](n5cnc6c(=O)[nH]cnc65)O[C@@H]4COP(=O)(O)O[C@@H]2[C@@H]3O)c(=O)[nH]1. The maximum absolute atomic E-state index is 13.0. The molecular formula is C21H24N9O10P. The number of aliphatic hydroxyl groups is 2. The van der Waals surface area contributed by atoms with Gasteiger partial charge in [0.25, 0.3) is 11.1 Å². The van der Waals surface area contributed by atoms with Gasteiger partial charge in [0.05, 0.1) is 37.8 Å². The van der Waals surface area contributed by atoms with Crippen molar-refractivity contribution < 1.29 is 38.2 Å². The highest BCUT2D eigenvalue weighted by Crippen LogP contribution is 2.52. The van der Waals surface area contributed by atoms with Gasteiger partial charge >= 0.3 is 7.82 Å². The highest BCUT2D eigenvalue weighted by molar-refractivity contribution is 7.47. The molecule has 7 N–H and O–H groups in total. The molecule has 3 aliphatic heterocycles. The van der Waals surface area contributed by atoms with Gasteiger partial charge < -0.3 is 35.3 Å². The Morgan fingerprint density at radius 2 is 1.66 bits per heavy atom. The summed E-state index contributed by atoms with van der Waals surface area (Å²) in [7, 11) is -4.85. The Bertz CT molecular complexity index is 1800. The highest BCUT2D eigenvalue weighted by Gasteiger charge is 2.52. The molecule has 2 bridgehead atoms. The first-order chi connectivity index (χ1) is 19.6. The fourth-order valence-corrected chi connectivity index (χ4v) is 6.66. The lowest BCUT2D eigenvalue weighted by Gasteiger charge is -2.25. The number of rotatable bonds is 2. The molecule has 0 amide bonds. The zero-order valence-corrected chi connectivity index (χ0v) is 21.8. The number of nitrogens with zero attached hydrogens (tertiary/aromatic N) is 6. The van der Waals surface area contributed by atoms with Crippen molar-refractivity contribution in [3.63, 3.8) is 0 Å². The summed E-state index contributed by atoms with van der Waals surface area (Å²) < 4.78 is 38.5. The molecule has 3 fully saturated rings. The summed E-state index contributed by atoms with van der Waals surface area (Å²) in [6.45, 7) is -0.437. The number of nitrogens with two attached hydrogens (primary N) is 1. The van der Waals surface area contributed by atoms with Crippen LogP contribution in [0.2, 0.25) is 0 Å². The van der Waals surface area contributed by atoms with Crippen LogP contribution in [0.1, 0.15) is 25.3 Å². The molecule has 41 heavy (non-hydrogen) atoms. The van der Waals surface area contributed by atoms with Gasteiger partial charge in [-0.2, -0.15) is 4.98 Å². The van der Waals surface area contributed by atoms with Crippen molar-refractivity contribution in [2.75, 3.05) is 12.3 Å². The Hall–Kier alpha value is -3.55. The van der Waals surface area contributed by atoms with Crippen LogP contribution in [0.4, 0.5) is 5.95 Å². The molecule has 9 atom stereocenters. The molecule has 7 rings (SSSR count). The quantitative estimate of drug-likeness (QED) is 0.141. The number of nitrogens with one attached hydrogen (secondary N) is 2. The van der Waals surface area contributed by atoms with Crippen LogP contribution in [0.25, 0.3) is 22.3 Å². The van der Waals surface area contributed by atoms with Crippen LogP contribution in [0, 0.1) is 5.92 Å². The van der Waals surface area contributed by atoms with Crippen molar-refractivity contribution >= 4 is 36.1 Å². The van der Waals surface area contributed by atoms with Gasteiger partial charge in [0.2, 0.25) is 5.95 Å². The van der Waals surface area contributed by atoms with Gasteiger partial charge in [0.15, 0.2) is 34.8 Å². The monoisotopic (exact) mass is 593 g/mol. The van der Waals surface area contributed by atoms with Crippen molar-refractivity contribution in [3.8, 4) is 0 Å². The van der Waals surface area contributed by atoms with E-state index in [9.17, 15) is 29.3 Å². The molecule has 0 radical (unpaired) electrons. The topological polar surface area (TPSA) is 268 Å². The van der Waals surface area contributed by atoms with Gasteiger partial charge in [0, 0.05) is 5.92 Å². The number of phosphoric acid groups is 1. The molecule has 3 aliphatic rings. The van der Waals surface area contributed by atoms with Crippen LogP contribution in [-0.2, 0) is 23.1 Å². The van der Waals surface area contributed by atoms with E-state index in [-0.39, 0.29) is 41.1 Å². The lowest BCUT2D eigenvalue weighted by Crippen LogP contribution is -2.34. The zero-order valence-electron chi connectivity index (χ0n) is 20.9. The number of phosphoric ester groups is 1. The minimum absolute atomic E-state index is 0.0148. The maximum atomic E-state index is 13.0. The average Bonchev–Trinajstić information content (AvgIpc) is 3.67. The minimum Gasteiger partial charge on any atom is -0.388 e. The molecule has 4 aromatic heterocycles. The predicted octanol–water partition coefficient (Wildman–Crippen LogP) is -1.74. The van der Waals surface area contributed by atoms with E-state index < -0.39 is 74.4 Å². The maximum Gasteiger partial charge on any atom is 0.472 e. The number of aromatic amines is 2. The fraction of sp³-hybridized carbons (Fsp3) is 0.524. The second kappa shape index (κ2) is 9.50. The highest BCUT2D eigenvalue weighted by atomic mass is 31.2. The van der Waals surface area contributed by atoms with Gasteiger partial charge in [0.1, 0.15) is 18.3 Å². The van der Waals surface area contributed by atoms with Crippen LogP contribution >= 0.6 is 7.82 Å². The van der Waals surface area contributed by atoms with Gasteiger partial charge in [-0.3, -0.25) is 32.8 Å². The Labute approximate surface area is 227 Å². The summed E-state index contributed by atoms with van der Waals surface area (Å²) >= 11 is 0. The Balaban J connectivity index is 1.21. The first kappa shape index (κ1) is 26.4. The van der Waals surface area contributed by atoms with E-state index in [0.717, 1.165) is 0 Å².